The van der Waals surface area contributed by atoms with Crippen molar-refractivity contribution in [3.05, 3.63) is 83.4 Å². The molecule has 2 amide bonds. The quantitative estimate of drug-likeness (QED) is 0.0680. The first-order chi connectivity index (χ1) is 37.8. The number of aliphatic hydroxyl groups excluding tert-OH is 1. The van der Waals surface area contributed by atoms with Crippen LogP contribution in [0.1, 0.15) is 93.2 Å². The number of halogens is 1. The van der Waals surface area contributed by atoms with Gasteiger partial charge in [-0.25, -0.2) is 19.9 Å². The number of nitrogens with zero attached hydrogens (tertiary/aromatic N) is 11. The van der Waals surface area contributed by atoms with Crippen molar-refractivity contribution in [2.24, 2.45) is 17.9 Å². The molecule has 0 atom stereocenters. The maximum atomic E-state index is 13.8. The number of hydrogen-bond donors (Lipinski definition) is 2. The fourth-order valence-corrected chi connectivity index (χ4v) is 10.9. The Bertz CT molecular complexity index is 3640. The first-order valence-corrected chi connectivity index (χ1v) is 30.4. The number of aryl methyl sites for hydroxylation is 3. The van der Waals surface area contributed by atoms with Crippen LogP contribution in [0.25, 0.3) is 66.9 Å². The molecule has 0 saturated carbocycles. The van der Waals surface area contributed by atoms with Crippen LogP contribution in [0.15, 0.2) is 61.2 Å². The van der Waals surface area contributed by atoms with Crippen LogP contribution in [0, 0.1) is 24.7 Å². The summed E-state index contributed by atoms with van der Waals surface area (Å²) >= 11 is 0. The molecule has 2 aliphatic rings. The minimum atomic E-state index is -1.95. The molecule has 2 fully saturated rings. The first-order valence-electron chi connectivity index (χ1n) is 27.5. The fraction of sp³-hybridized carbons (Fsp3) is 0.492. The van der Waals surface area contributed by atoms with Gasteiger partial charge in [0.1, 0.15) is 46.9 Å². The Morgan fingerprint density at radius 2 is 1.17 bits per heavy atom. The largest absolute Gasteiger partial charge is 0.416 e. The van der Waals surface area contributed by atoms with Crippen molar-refractivity contribution in [2.75, 3.05) is 65.8 Å². The summed E-state index contributed by atoms with van der Waals surface area (Å²) in [5, 5.41) is 21.1. The number of ether oxygens (including phenoxy) is 2. The zero-order valence-electron chi connectivity index (χ0n) is 48.8. The van der Waals surface area contributed by atoms with Crippen LogP contribution in [0.4, 0.5) is 0 Å². The predicted octanol–water partition coefficient (Wildman–Crippen LogP) is 8.93. The molecule has 0 spiro atoms. The van der Waals surface area contributed by atoms with E-state index in [0.29, 0.717) is 122 Å². The summed E-state index contributed by atoms with van der Waals surface area (Å²) < 4.78 is 22.6. The Balaban J connectivity index is 0.000000214. The van der Waals surface area contributed by atoms with E-state index in [1.807, 2.05) is 86.8 Å². The third-order valence-corrected chi connectivity index (χ3v) is 20.1. The van der Waals surface area contributed by atoms with E-state index in [1.54, 1.807) is 32.9 Å². The highest BCUT2D eigenvalue weighted by Gasteiger charge is 2.39. The third kappa shape index (κ3) is 13.3. The van der Waals surface area contributed by atoms with Crippen molar-refractivity contribution >= 4 is 88.2 Å². The van der Waals surface area contributed by atoms with Crippen LogP contribution in [-0.4, -0.2) is 161 Å². The molecule has 2 N–H and O–H groups in total. The number of ketones is 2. The summed E-state index contributed by atoms with van der Waals surface area (Å²) in [6.07, 6.45) is 7.27. The molecule has 20 nitrogen and oxygen atoms in total. The Morgan fingerprint density at radius 3 is 1.68 bits per heavy atom. The molecule has 2 aliphatic heterocycles. The van der Waals surface area contributed by atoms with E-state index in [4.69, 9.17) is 39.0 Å². The number of hydrogen-bond acceptors (Lipinski definition) is 14. The van der Waals surface area contributed by atoms with E-state index < -0.39 is 13.7 Å². The highest BCUT2D eigenvalue weighted by molar-refractivity contribution is 6.74. The van der Waals surface area contributed by atoms with Gasteiger partial charge in [-0.1, -0.05) is 72.7 Å². The zero-order chi connectivity index (χ0) is 57.5. The highest BCUT2D eigenvalue weighted by Crippen LogP contribution is 2.39. The van der Waals surface area contributed by atoms with Gasteiger partial charge >= 0.3 is 0 Å². The highest BCUT2D eigenvalue weighted by atomic mass is 35.5. The molecule has 10 rings (SSSR count). The zero-order valence-corrected chi connectivity index (χ0v) is 50.6. The summed E-state index contributed by atoms with van der Waals surface area (Å²) in [5.41, 5.74) is 8.38. The second-order valence-corrected chi connectivity index (χ2v) is 29.3. The first kappa shape index (κ1) is 60.3. The maximum absolute atomic E-state index is 13.8. The molecule has 0 bridgehead atoms. The van der Waals surface area contributed by atoms with E-state index >= 15 is 0 Å². The number of fused-ring (bicyclic) bond motifs is 4. The van der Waals surface area contributed by atoms with Gasteiger partial charge in [-0.2, -0.15) is 10.2 Å². The molecule has 0 aliphatic carbocycles. The van der Waals surface area contributed by atoms with Gasteiger partial charge in [0.05, 0.1) is 61.0 Å². The normalized spacial score (nSPS) is 14.6. The number of carbonyl (C=O) groups is 4. The molecule has 6 aromatic heterocycles. The van der Waals surface area contributed by atoms with Crippen LogP contribution in [0.2, 0.25) is 18.1 Å². The number of morpholine rings is 2. The number of H-pyrrole nitrogens is 1. The van der Waals surface area contributed by atoms with E-state index in [2.05, 4.69) is 57.7 Å². The average Bonchev–Trinajstić information content (AvgIpc) is 4.30. The lowest BCUT2D eigenvalue weighted by atomic mass is 9.87. The Labute approximate surface area is 479 Å². The Hall–Kier alpha value is -6.75. The Kier molecular flexibility index (Phi) is 17.9. The molecular formula is C59H77ClN12O8Si. The van der Waals surface area contributed by atoms with Crippen LogP contribution in [0.3, 0.4) is 0 Å². The number of nitrogens with one attached hydrogen (secondary N) is 1. The standard InChI is InChI=1S/C33H46N6O4Si.C26H30N6O4.ClH/c1-22-10-11-23-26(16-22)39(20-28(41)38-12-14-42-15-13-38)36-29(23)25-18-34-31-30(35-25)24(19-37(31)7)27(40)17-33(5,6)21-43-44(8,9)32(2,3)4;1-16-4-5-17-20(10-16)32(14-22(35)31-6-8-36-9-7-31)30-23(17)19-13-28-25-24(29-19)18(12-27-25)21(34)11-26(2,3)15-33;/h10-11,16,18-19H,12-15,17,20-21H2,1-9H3;4-5,10,12-13,33H,6-9,11,14-15H2,1-3H3,(H,27,28);1H. The topological polar surface area (TPSA) is 231 Å². The van der Waals surface area contributed by atoms with E-state index in [-0.39, 0.29) is 72.4 Å². The molecule has 2 saturated heterocycles. The van der Waals surface area contributed by atoms with Crippen molar-refractivity contribution in [1.82, 2.24) is 58.8 Å². The molecular weight excluding hydrogens is 1070 g/mol. The van der Waals surface area contributed by atoms with Gasteiger partial charge in [0.25, 0.3) is 0 Å². The van der Waals surface area contributed by atoms with Crippen molar-refractivity contribution < 1.29 is 38.2 Å². The number of rotatable bonds is 16. The van der Waals surface area contributed by atoms with Gasteiger partial charge in [0.2, 0.25) is 11.8 Å². The lowest BCUT2D eigenvalue weighted by Crippen LogP contribution is -2.43. The predicted molar refractivity (Wildman–Crippen MR) is 317 cm³/mol. The van der Waals surface area contributed by atoms with Crippen LogP contribution in [0.5, 0.6) is 0 Å². The molecule has 0 unspecified atom stereocenters. The summed E-state index contributed by atoms with van der Waals surface area (Å²) in [7, 11) is -0.0720. The number of aliphatic hydroxyl groups is 1. The Morgan fingerprint density at radius 1 is 0.691 bits per heavy atom. The molecule has 432 valence electrons. The minimum Gasteiger partial charge on any atom is -0.416 e. The van der Waals surface area contributed by atoms with Crippen LogP contribution >= 0.6 is 12.4 Å². The van der Waals surface area contributed by atoms with E-state index in [1.165, 1.54) is 0 Å². The van der Waals surface area contributed by atoms with Crippen molar-refractivity contribution in [1.29, 1.82) is 0 Å². The molecule has 81 heavy (non-hydrogen) atoms. The van der Waals surface area contributed by atoms with Gasteiger partial charge in [-0.3, -0.25) is 28.5 Å². The molecule has 0 radical (unpaired) electrons. The van der Waals surface area contributed by atoms with Gasteiger partial charge < -0.3 is 38.4 Å². The number of amides is 2. The van der Waals surface area contributed by atoms with Gasteiger partial charge in [0.15, 0.2) is 31.2 Å². The fourth-order valence-electron chi connectivity index (χ4n) is 9.70. The summed E-state index contributed by atoms with van der Waals surface area (Å²) in [6.45, 7) is 28.1. The number of aromatic nitrogens is 10. The second kappa shape index (κ2) is 24.0. The van der Waals surface area contributed by atoms with Crippen LogP contribution in [-0.2, 0) is 43.6 Å². The van der Waals surface area contributed by atoms with Gasteiger partial charge in [-0.05, 0) is 66.1 Å². The van der Waals surface area contributed by atoms with E-state index in [9.17, 15) is 24.3 Å². The lowest BCUT2D eigenvalue weighted by molar-refractivity contribution is -0.136. The third-order valence-electron chi connectivity index (χ3n) is 15.6. The summed E-state index contributed by atoms with van der Waals surface area (Å²) in [4.78, 5) is 78.5. The maximum Gasteiger partial charge on any atom is 0.244 e. The van der Waals surface area contributed by atoms with Crippen LogP contribution < -0.4 is 0 Å². The molecule has 8 aromatic rings. The number of Topliss-reactive ketones (excluding diaryl/α,β-unsaturated/α-hetero) is 2. The molecule has 2 aromatic carbocycles. The summed E-state index contributed by atoms with van der Waals surface area (Å²) in [5.74, 6) is -0.118. The molecule has 22 heteroatoms. The smallest absolute Gasteiger partial charge is 0.244 e. The van der Waals surface area contributed by atoms with E-state index in [0.717, 1.165) is 32.9 Å². The minimum absolute atomic E-state index is 0. The second-order valence-electron chi connectivity index (χ2n) is 24.5. The number of benzene rings is 2. The summed E-state index contributed by atoms with van der Waals surface area (Å²) in [6, 6.07) is 12.1. The number of carbonyl (C=O) groups excluding carboxylic acids is 4. The molecule has 8 heterocycles. The van der Waals surface area contributed by atoms with Crippen molar-refractivity contribution in [2.45, 2.75) is 106 Å². The number of aromatic amines is 1. The average molecular weight is 1150 g/mol. The lowest BCUT2D eigenvalue weighted by Gasteiger charge is -2.39. The van der Waals surface area contributed by atoms with Crippen molar-refractivity contribution in [3.8, 4) is 22.8 Å². The van der Waals surface area contributed by atoms with Crippen molar-refractivity contribution in [3.63, 3.8) is 0 Å². The van der Waals surface area contributed by atoms with Gasteiger partial charge in [-0.15, -0.1) is 12.4 Å². The SMILES string of the molecule is Cc1ccc2c(-c3cnc4[nH]cc(C(=O)CC(C)(C)CO)c4n3)nn(CC(=O)N3CCOCC3)c2c1.Cc1ccc2c(-c3cnc4c(n3)c(C(=O)CC(C)(C)CO[Si](C)(C)C(C)(C)C)cn4C)nn(CC(=O)N3CCOCC3)c2c1.Cl. The monoisotopic (exact) mass is 1140 g/mol. The van der Waals surface area contributed by atoms with Gasteiger partial charge in [0, 0.05) is 82.4 Å².